The van der Waals surface area contributed by atoms with E-state index >= 15 is 0 Å². The Morgan fingerprint density at radius 3 is 2.33 bits per heavy atom. The van der Waals surface area contributed by atoms with Gasteiger partial charge in [-0.2, -0.15) is 4.31 Å². The number of hydrogen-bond acceptors (Lipinski definition) is 4. The molecule has 0 fully saturated rings. The molecule has 4 aromatic carbocycles. The van der Waals surface area contributed by atoms with Crippen molar-refractivity contribution in [3.05, 3.63) is 102 Å². The first-order valence-electron chi connectivity index (χ1n) is 11.6. The van der Waals surface area contributed by atoms with E-state index in [9.17, 15) is 18.0 Å². The predicted octanol–water partition coefficient (Wildman–Crippen LogP) is 4.89. The Labute approximate surface area is 210 Å². The molecule has 1 heterocycles. The number of carbonyl (C=O) groups excluding carboxylic acids is 2. The molecule has 7 nitrogen and oxygen atoms in total. The summed E-state index contributed by atoms with van der Waals surface area (Å²) < 4.78 is 27.3. The van der Waals surface area contributed by atoms with E-state index in [1.165, 1.54) is 35.6 Å². The van der Waals surface area contributed by atoms with Gasteiger partial charge in [0.2, 0.25) is 10.0 Å². The van der Waals surface area contributed by atoms with Crippen molar-refractivity contribution in [2.75, 3.05) is 23.8 Å². The van der Waals surface area contributed by atoms with Gasteiger partial charge in [0.05, 0.1) is 10.6 Å². The van der Waals surface area contributed by atoms with E-state index < -0.39 is 10.0 Å². The van der Waals surface area contributed by atoms with E-state index in [1.54, 1.807) is 23.1 Å². The fraction of sp³-hybridized carbons (Fsp3) is 0.143. The third-order valence-corrected chi connectivity index (χ3v) is 8.24. The van der Waals surface area contributed by atoms with Crippen molar-refractivity contribution >= 4 is 44.0 Å². The fourth-order valence-corrected chi connectivity index (χ4v) is 5.71. The molecule has 36 heavy (non-hydrogen) atoms. The molecule has 0 spiro atoms. The fourth-order valence-electron chi connectivity index (χ4n) is 4.55. The number of amides is 2. The quantitative estimate of drug-likeness (QED) is 0.392. The first-order chi connectivity index (χ1) is 17.3. The summed E-state index contributed by atoms with van der Waals surface area (Å²) in [6, 6.07) is 24.3. The first kappa shape index (κ1) is 23.7. The molecule has 1 aliphatic heterocycles. The van der Waals surface area contributed by atoms with E-state index in [0.29, 0.717) is 23.4 Å². The second-order valence-corrected chi connectivity index (χ2v) is 10.7. The lowest BCUT2D eigenvalue weighted by atomic mass is 10.0. The third kappa shape index (κ3) is 4.04. The summed E-state index contributed by atoms with van der Waals surface area (Å²) in [5, 5.41) is 4.52. The molecule has 1 aliphatic rings. The number of carbonyl (C=O) groups is 2. The van der Waals surface area contributed by atoms with Gasteiger partial charge in [0.15, 0.2) is 0 Å². The van der Waals surface area contributed by atoms with Crippen LogP contribution in [0.15, 0.2) is 89.8 Å². The molecular formula is C28H25N3O4S. The topological polar surface area (TPSA) is 86.8 Å². The van der Waals surface area contributed by atoms with Crippen molar-refractivity contribution in [1.82, 2.24) is 4.31 Å². The molecule has 0 saturated heterocycles. The minimum Gasteiger partial charge on any atom is -0.321 e. The monoisotopic (exact) mass is 499 g/mol. The number of hydrogen-bond donors (Lipinski definition) is 1. The molecule has 8 heteroatoms. The third-order valence-electron chi connectivity index (χ3n) is 6.42. The van der Waals surface area contributed by atoms with Crippen molar-refractivity contribution in [3.8, 4) is 0 Å². The van der Waals surface area contributed by atoms with E-state index in [2.05, 4.69) is 5.32 Å². The van der Waals surface area contributed by atoms with Crippen LogP contribution in [0.25, 0.3) is 10.8 Å². The Balaban J connectivity index is 1.37. The van der Waals surface area contributed by atoms with Crippen LogP contribution in [-0.2, 0) is 16.6 Å². The summed E-state index contributed by atoms with van der Waals surface area (Å²) in [5.74, 6) is -0.412. The van der Waals surface area contributed by atoms with Crippen LogP contribution < -0.4 is 10.2 Å². The highest BCUT2D eigenvalue weighted by atomic mass is 32.2. The molecule has 0 radical (unpaired) electrons. The minimum atomic E-state index is -3.72. The minimum absolute atomic E-state index is 0.0457. The van der Waals surface area contributed by atoms with Gasteiger partial charge in [-0.05, 0) is 55.0 Å². The molecule has 0 saturated carbocycles. The maximum atomic E-state index is 13.0. The van der Waals surface area contributed by atoms with Gasteiger partial charge in [-0.15, -0.1) is 0 Å². The smallest absolute Gasteiger partial charge is 0.258 e. The van der Waals surface area contributed by atoms with Crippen LogP contribution in [0.4, 0.5) is 11.4 Å². The standard InChI is InChI=1S/C28H25N3O4S/c1-3-31-25-17-16-24(22-10-7-11-23(26(22)25)28(31)33)29-27(32)20-12-14-21(15-13-20)36(34,35)30(2)18-19-8-5-4-6-9-19/h4-17H,3,18H2,1-2H3,(H,29,32). The van der Waals surface area contributed by atoms with Crippen molar-refractivity contribution in [1.29, 1.82) is 0 Å². The summed E-state index contributed by atoms with van der Waals surface area (Å²) in [7, 11) is -2.19. The molecule has 182 valence electrons. The van der Waals surface area contributed by atoms with Gasteiger partial charge in [0, 0.05) is 47.7 Å². The van der Waals surface area contributed by atoms with Crippen molar-refractivity contribution in [2.45, 2.75) is 18.4 Å². The maximum Gasteiger partial charge on any atom is 0.258 e. The number of sulfonamides is 1. The van der Waals surface area contributed by atoms with Crippen LogP contribution in [0.3, 0.4) is 0 Å². The van der Waals surface area contributed by atoms with Crippen LogP contribution >= 0.6 is 0 Å². The van der Waals surface area contributed by atoms with Crippen LogP contribution in [0.5, 0.6) is 0 Å². The van der Waals surface area contributed by atoms with Crippen LogP contribution in [0.2, 0.25) is 0 Å². The van der Waals surface area contributed by atoms with Crippen molar-refractivity contribution < 1.29 is 18.0 Å². The Morgan fingerprint density at radius 1 is 0.917 bits per heavy atom. The second-order valence-electron chi connectivity index (χ2n) is 8.63. The molecule has 0 bridgehead atoms. The molecule has 2 amide bonds. The lowest BCUT2D eigenvalue weighted by molar-refractivity contribution is 0.0992. The van der Waals surface area contributed by atoms with E-state index in [4.69, 9.17) is 0 Å². The zero-order chi connectivity index (χ0) is 25.4. The highest BCUT2D eigenvalue weighted by Gasteiger charge is 2.29. The van der Waals surface area contributed by atoms with Gasteiger partial charge in [-0.3, -0.25) is 9.59 Å². The van der Waals surface area contributed by atoms with Crippen LogP contribution in [0.1, 0.15) is 33.2 Å². The summed E-state index contributed by atoms with van der Waals surface area (Å²) in [5.41, 5.74) is 3.25. The number of anilines is 2. The number of nitrogens with zero attached hydrogens (tertiary/aromatic N) is 2. The molecule has 1 N–H and O–H groups in total. The largest absolute Gasteiger partial charge is 0.321 e. The molecule has 4 aromatic rings. The van der Waals surface area contributed by atoms with Crippen molar-refractivity contribution in [3.63, 3.8) is 0 Å². The normalized spacial score (nSPS) is 13.0. The van der Waals surface area contributed by atoms with Gasteiger partial charge < -0.3 is 10.2 Å². The molecular weight excluding hydrogens is 474 g/mol. The molecule has 0 atom stereocenters. The second kappa shape index (κ2) is 9.22. The molecule has 0 unspecified atom stereocenters. The summed E-state index contributed by atoms with van der Waals surface area (Å²) >= 11 is 0. The summed E-state index contributed by atoms with van der Waals surface area (Å²) in [4.78, 5) is 27.6. The first-order valence-corrected chi connectivity index (χ1v) is 13.0. The highest BCUT2D eigenvalue weighted by molar-refractivity contribution is 7.89. The number of rotatable bonds is 7. The van der Waals surface area contributed by atoms with Crippen LogP contribution in [-0.4, -0.2) is 38.1 Å². The Morgan fingerprint density at radius 2 is 1.64 bits per heavy atom. The van der Waals surface area contributed by atoms with E-state index in [-0.39, 0.29) is 23.3 Å². The highest BCUT2D eigenvalue weighted by Crippen LogP contribution is 2.40. The summed E-state index contributed by atoms with van der Waals surface area (Å²) in [6.07, 6.45) is 0. The van der Waals surface area contributed by atoms with Gasteiger partial charge in [-0.25, -0.2) is 8.42 Å². The van der Waals surface area contributed by atoms with E-state index in [1.807, 2.05) is 49.4 Å². The lowest BCUT2D eigenvalue weighted by Crippen LogP contribution is -2.26. The zero-order valence-electron chi connectivity index (χ0n) is 19.9. The average Bonchev–Trinajstić information content (AvgIpc) is 3.18. The van der Waals surface area contributed by atoms with Crippen molar-refractivity contribution in [2.24, 2.45) is 0 Å². The summed E-state index contributed by atoms with van der Waals surface area (Å²) in [6.45, 7) is 2.73. The predicted molar refractivity (Wildman–Crippen MR) is 141 cm³/mol. The van der Waals surface area contributed by atoms with Gasteiger partial charge in [0.25, 0.3) is 11.8 Å². The van der Waals surface area contributed by atoms with Gasteiger partial charge >= 0.3 is 0 Å². The Hall–Kier alpha value is -4.01. The lowest BCUT2D eigenvalue weighted by Gasteiger charge is -2.17. The van der Waals surface area contributed by atoms with Crippen LogP contribution in [0, 0.1) is 0 Å². The molecule has 5 rings (SSSR count). The number of nitrogens with one attached hydrogen (secondary N) is 1. The van der Waals surface area contributed by atoms with Gasteiger partial charge in [0.1, 0.15) is 0 Å². The van der Waals surface area contributed by atoms with E-state index in [0.717, 1.165) is 22.0 Å². The maximum absolute atomic E-state index is 13.0. The Bertz CT molecular complexity index is 1580. The SMILES string of the molecule is CCN1C(=O)c2cccc3c(NC(=O)c4ccc(S(=O)(=O)N(C)Cc5ccccc5)cc4)ccc1c23. The average molecular weight is 500 g/mol. The number of benzene rings is 4. The molecule has 0 aromatic heterocycles. The Kier molecular flexibility index (Phi) is 6.07. The zero-order valence-corrected chi connectivity index (χ0v) is 20.7. The van der Waals surface area contributed by atoms with Gasteiger partial charge in [-0.1, -0.05) is 42.5 Å². The molecule has 0 aliphatic carbocycles.